The Morgan fingerprint density at radius 3 is 2.50 bits per heavy atom. The van der Waals surface area contributed by atoms with Crippen molar-refractivity contribution in [2.24, 2.45) is 5.73 Å². The lowest BCUT2D eigenvalue weighted by Crippen LogP contribution is -2.48. The van der Waals surface area contributed by atoms with E-state index < -0.39 is 5.91 Å². The van der Waals surface area contributed by atoms with Gasteiger partial charge in [0.05, 0.1) is 24.3 Å². The molecular weight excluding hydrogens is 361 g/mol. The molecule has 0 saturated heterocycles. The summed E-state index contributed by atoms with van der Waals surface area (Å²) in [7, 11) is 0. The van der Waals surface area contributed by atoms with Crippen LogP contribution in [-0.4, -0.2) is 39.2 Å². The topological polar surface area (TPSA) is 93.2 Å². The van der Waals surface area contributed by atoms with E-state index in [2.05, 4.69) is 10.4 Å². The molecule has 4 rings (SSSR count). The van der Waals surface area contributed by atoms with Gasteiger partial charge in [-0.25, -0.2) is 9.18 Å². The fraction of sp³-hybridized carbons (Fsp3) is 0.450. The van der Waals surface area contributed by atoms with E-state index >= 15 is 0 Å². The normalized spacial score (nSPS) is 17.2. The average Bonchev–Trinajstić information content (AvgIpc) is 3.08. The molecule has 7 nitrogen and oxygen atoms in total. The second kappa shape index (κ2) is 7.61. The fourth-order valence-corrected chi connectivity index (χ4v) is 4.07. The minimum Gasteiger partial charge on any atom is -0.365 e. The molecular formula is C20H24FN5O2. The Bertz CT molecular complexity index is 887. The lowest BCUT2D eigenvalue weighted by molar-refractivity contribution is 0.0997. The third-order valence-electron chi connectivity index (χ3n) is 5.56. The molecule has 2 aliphatic rings. The van der Waals surface area contributed by atoms with Crippen molar-refractivity contribution in [3.05, 3.63) is 41.3 Å². The molecule has 8 heteroatoms. The monoisotopic (exact) mass is 385 g/mol. The van der Waals surface area contributed by atoms with Crippen LogP contribution < -0.4 is 11.1 Å². The van der Waals surface area contributed by atoms with Crippen LogP contribution in [0.4, 0.5) is 9.18 Å². The molecule has 0 bridgehead atoms. The Balaban J connectivity index is 1.58. The molecule has 3 amide bonds. The fourth-order valence-electron chi connectivity index (χ4n) is 4.07. The number of carbonyl (C=O) groups is 2. The maximum Gasteiger partial charge on any atom is 0.318 e. The highest BCUT2D eigenvalue weighted by molar-refractivity contribution is 6.00. The van der Waals surface area contributed by atoms with Crippen LogP contribution in [0, 0.1) is 5.82 Å². The smallest absolute Gasteiger partial charge is 0.318 e. The molecule has 1 aliphatic heterocycles. The average molecular weight is 385 g/mol. The molecule has 0 unspecified atom stereocenters. The number of hydrogen-bond donors (Lipinski definition) is 2. The Morgan fingerprint density at radius 1 is 1.11 bits per heavy atom. The van der Waals surface area contributed by atoms with Crippen LogP contribution in [0.15, 0.2) is 24.3 Å². The number of hydrogen-bond acceptors (Lipinski definition) is 3. The molecule has 148 valence electrons. The molecule has 1 aliphatic carbocycles. The number of nitrogens with zero attached hydrogens (tertiary/aromatic N) is 3. The van der Waals surface area contributed by atoms with Crippen molar-refractivity contribution in [2.75, 3.05) is 6.54 Å². The molecule has 2 aromatic rings. The van der Waals surface area contributed by atoms with Gasteiger partial charge in [-0.15, -0.1) is 0 Å². The van der Waals surface area contributed by atoms with Gasteiger partial charge in [-0.3, -0.25) is 9.48 Å². The van der Waals surface area contributed by atoms with E-state index in [1.54, 1.807) is 21.7 Å². The zero-order valence-corrected chi connectivity index (χ0v) is 15.7. The maximum absolute atomic E-state index is 13.3. The van der Waals surface area contributed by atoms with Crippen molar-refractivity contribution in [3.63, 3.8) is 0 Å². The van der Waals surface area contributed by atoms with E-state index in [1.807, 2.05) is 0 Å². The van der Waals surface area contributed by atoms with Crippen LogP contribution in [0.2, 0.25) is 0 Å². The Labute approximate surface area is 162 Å². The summed E-state index contributed by atoms with van der Waals surface area (Å²) in [6.45, 7) is 1.26. The number of halogens is 1. The number of aromatic nitrogens is 2. The Hall–Kier alpha value is -2.90. The Kier molecular flexibility index (Phi) is 5.02. The first-order chi connectivity index (χ1) is 13.5. The third kappa shape index (κ3) is 3.58. The quantitative estimate of drug-likeness (QED) is 0.851. The van der Waals surface area contributed by atoms with E-state index in [0.29, 0.717) is 35.6 Å². The van der Waals surface area contributed by atoms with Crippen molar-refractivity contribution in [1.82, 2.24) is 20.0 Å². The van der Waals surface area contributed by atoms with Gasteiger partial charge in [0.25, 0.3) is 5.91 Å². The van der Waals surface area contributed by atoms with Gasteiger partial charge in [0.15, 0.2) is 0 Å². The highest BCUT2D eigenvalue weighted by Gasteiger charge is 2.30. The lowest BCUT2D eigenvalue weighted by atomic mass is 9.96. The second-order valence-electron chi connectivity index (χ2n) is 7.47. The van der Waals surface area contributed by atoms with E-state index in [4.69, 9.17) is 5.73 Å². The number of fused-ring (bicyclic) bond motifs is 1. The third-order valence-corrected chi connectivity index (χ3v) is 5.56. The zero-order valence-electron chi connectivity index (χ0n) is 15.7. The maximum atomic E-state index is 13.3. The number of benzene rings is 1. The van der Waals surface area contributed by atoms with Gasteiger partial charge in [0, 0.05) is 18.2 Å². The van der Waals surface area contributed by atoms with Gasteiger partial charge in [-0.05, 0) is 37.1 Å². The molecule has 1 aromatic carbocycles. The number of urea groups is 1. The largest absolute Gasteiger partial charge is 0.365 e. The first kappa shape index (κ1) is 18.5. The molecule has 1 aromatic heterocycles. The van der Waals surface area contributed by atoms with Gasteiger partial charge < -0.3 is 16.0 Å². The second-order valence-corrected chi connectivity index (χ2v) is 7.47. The van der Waals surface area contributed by atoms with Crippen molar-refractivity contribution in [2.45, 2.75) is 51.2 Å². The molecule has 1 fully saturated rings. The summed E-state index contributed by atoms with van der Waals surface area (Å²) in [6.07, 6.45) is 5.54. The molecule has 28 heavy (non-hydrogen) atoms. The summed E-state index contributed by atoms with van der Waals surface area (Å²) in [5.74, 6) is -0.964. The van der Waals surface area contributed by atoms with Crippen LogP contribution in [-0.2, 0) is 13.1 Å². The van der Waals surface area contributed by atoms with Crippen molar-refractivity contribution < 1.29 is 14.0 Å². The molecule has 3 N–H and O–H groups in total. The minimum atomic E-state index is -0.602. The summed E-state index contributed by atoms with van der Waals surface area (Å²) in [4.78, 5) is 26.6. The van der Waals surface area contributed by atoms with E-state index in [0.717, 1.165) is 25.7 Å². The summed E-state index contributed by atoms with van der Waals surface area (Å²) in [5.41, 5.74) is 7.60. The predicted molar refractivity (Wildman–Crippen MR) is 102 cm³/mol. The first-order valence-electron chi connectivity index (χ1n) is 9.74. The number of nitrogens with two attached hydrogens (primary N) is 1. The summed E-state index contributed by atoms with van der Waals surface area (Å²) in [6, 6.07) is 5.90. The summed E-state index contributed by atoms with van der Waals surface area (Å²) in [5, 5.41) is 7.63. The number of nitrogens with one attached hydrogen (secondary N) is 1. The van der Waals surface area contributed by atoms with Crippen LogP contribution >= 0.6 is 0 Å². The zero-order chi connectivity index (χ0) is 19.7. The van der Waals surface area contributed by atoms with Gasteiger partial charge in [-0.2, -0.15) is 5.10 Å². The van der Waals surface area contributed by atoms with Gasteiger partial charge in [0.1, 0.15) is 11.5 Å². The highest BCUT2D eigenvalue weighted by atomic mass is 19.1. The van der Waals surface area contributed by atoms with Crippen LogP contribution in [0.25, 0.3) is 11.3 Å². The summed E-state index contributed by atoms with van der Waals surface area (Å²) < 4.78 is 15.0. The van der Waals surface area contributed by atoms with Crippen molar-refractivity contribution >= 4 is 11.9 Å². The standard InChI is InChI=1S/C20H24FN5O2/c21-14-8-6-13(7-9-14)18-17(19(22)27)16-12-25(10-11-26(16)24-18)20(28)23-15-4-2-1-3-5-15/h6-9,15H,1-5,10-12H2,(H2,22,27)(H,23,28). The van der Waals surface area contributed by atoms with Gasteiger partial charge in [-0.1, -0.05) is 19.3 Å². The first-order valence-corrected chi connectivity index (χ1v) is 9.74. The van der Waals surface area contributed by atoms with E-state index in [1.165, 1.54) is 18.6 Å². The van der Waals surface area contributed by atoms with Gasteiger partial charge >= 0.3 is 6.03 Å². The van der Waals surface area contributed by atoms with Crippen LogP contribution in [0.5, 0.6) is 0 Å². The predicted octanol–water partition coefficient (Wildman–Crippen LogP) is 2.65. The minimum absolute atomic E-state index is 0.113. The van der Waals surface area contributed by atoms with Gasteiger partial charge in [0.2, 0.25) is 0 Å². The molecule has 1 saturated carbocycles. The highest BCUT2D eigenvalue weighted by Crippen LogP contribution is 2.28. The van der Waals surface area contributed by atoms with Crippen molar-refractivity contribution in [1.29, 1.82) is 0 Å². The van der Waals surface area contributed by atoms with E-state index in [-0.39, 0.29) is 24.4 Å². The summed E-state index contributed by atoms with van der Waals surface area (Å²) >= 11 is 0. The molecule has 0 radical (unpaired) electrons. The number of amides is 3. The number of rotatable bonds is 3. The SMILES string of the molecule is NC(=O)c1c(-c2ccc(F)cc2)nn2c1CN(C(=O)NC1CCCCC1)CC2. The van der Waals surface area contributed by atoms with Crippen LogP contribution in [0.3, 0.4) is 0 Å². The van der Waals surface area contributed by atoms with Crippen molar-refractivity contribution in [3.8, 4) is 11.3 Å². The Morgan fingerprint density at radius 2 is 1.82 bits per heavy atom. The van der Waals surface area contributed by atoms with Crippen LogP contribution in [0.1, 0.15) is 48.2 Å². The molecule has 2 heterocycles. The lowest BCUT2D eigenvalue weighted by Gasteiger charge is -2.31. The molecule has 0 spiro atoms. The molecule has 0 atom stereocenters. The number of carbonyl (C=O) groups excluding carboxylic acids is 2. The number of primary amides is 1. The van der Waals surface area contributed by atoms with E-state index in [9.17, 15) is 14.0 Å².